The van der Waals surface area contributed by atoms with Crippen molar-refractivity contribution < 1.29 is 9.84 Å². The first-order valence-corrected chi connectivity index (χ1v) is 9.65. The number of nitrogen functional groups attached to an aromatic ring is 1. The Kier molecular flexibility index (Phi) is 5.01. The Morgan fingerprint density at radius 1 is 1.21 bits per heavy atom. The maximum atomic E-state index is 9.88. The number of aromatic hydroxyl groups is 1. The van der Waals surface area contributed by atoms with Crippen LogP contribution in [-0.2, 0) is 0 Å². The van der Waals surface area contributed by atoms with Crippen molar-refractivity contribution in [1.82, 2.24) is 9.97 Å². The highest BCUT2D eigenvalue weighted by Gasteiger charge is 2.16. The van der Waals surface area contributed by atoms with Crippen LogP contribution < -0.4 is 15.9 Å². The Hall–Kier alpha value is -3.65. The van der Waals surface area contributed by atoms with E-state index in [9.17, 15) is 5.11 Å². The zero-order valence-electron chi connectivity index (χ0n) is 15.9. The van der Waals surface area contributed by atoms with Gasteiger partial charge in [0.25, 0.3) is 0 Å². The largest absolute Gasteiger partial charge is 0.504 e. The second-order valence-electron chi connectivity index (χ2n) is 6.34. The van der Waals surface area contributed by atoms with Crippen LogP contribution in [0.3, 0.4) is 0 Å². The molecular formula is C21H19N5O2S. The lowest BCUT2D eigenvalue weighted by molar-refractivity contribution is 0.373. The molecule has 0 fully saturated rings. The third-order valence-electron chi connectivity index (χ3n) is 4.50. The molecule has 7 nitrogen and oxygen atoms in total. The summed E-state index contributed by atoms with van der Waals surface area (Å²) < 4.78 is 5.95. The van der Waals surface area contributed by atoms with Crippen LogP contribution in [0.25, 0.3) is 20.7 Å². The molecule has 0 aliphatic carbocycles. The molecule has 4 aromatic rings. The first-order valence-electron chi connectivity index (χ1n) is 8.83. The number of nitrogens with one attached hydrogen (secondary N) is 1. The van der Waals surface area contributed by atoms with Gasteiger partial charge in [0.2, 0.25) is 0 Å². The fourth-order valence-electron chi connectivity index (χ4n) is 3.02. The van der Waals surface area contributed by atoms with Crippen molar-refractivity contribution in [3.8, 4) is 21.9 Å². The predicted octanol–water partition coefficient (Wildman–Crippen LogP) is 4.41. The van der Waals surface area contributed by atoms with E-state index < -0.39 is 0 Å². The van der Waals surface area contributed by atoms with Gasteiger partial charge in [0.1, 0.15) is 6.33 Å². The van der Waals surface area contributed by atoms with Gasteiger partial charge in [-0.3, -0.25) is 5.43 Å². The molecule has 0 unspecified atom stereocenters. The highest BCUT2D eigenvalue weighted by Crippen LogP contribution is 2.41. The molecule has 2 aromatic carbocycles. The molecule has 0 atom stereocenters. The second-order valence-corrected chi connectivity index (χ2v) is 7.37. The monoisotopic (exact) mass is 405 g/mol. The summed E-state index contributed by atoms with van der Waals surface area (Å²) in [5, 5.41) is 14.1. The SMILES string of the molecule is COc1ccc(C=NNc2ncnc3c(C)c(-c4ccccc4N)sc23)cc1O. The Morgan fingerprint density at radius 2 is 2.03 bits per heavy atom. The minimum absolute atomic E-state index is 0.0554. The molecule has 0 saturated heterocycles. The molecule has 2 aromatic heterocycles. The highest BCUT2D eigenvalue weighted by molar-refractivity contribution is 7.23. The molecule has 8 heteroatoms. The van der Waals surface area contributed by atoms with Crippen molar-refractivity contribution in [3.63, 3.8) is 0 Å². The molecule has 0 spiro atoms. The minimum Gasteiger partial charge on any atom is -0.504 e. The van der Waals surface area contributed by atoms with E-state index in [0.29, 0.717) is 11.6 Å². The number of thiophene rings is 1. The van der Waals surface area contributed by atoms with Gasteiger partial charge < -0.3 is 15.6 Å². The normalized spacial score (nSPS) is 11.2. The maximum Gasteiger partial charge on any atom is 0.167 e. The number of hydrazone groups is 1. The molecule has 0 saturated carbocycles. The quantitative estimate of drug-likeness (QED) is 0.258. The van der Waals surface area contributed by atoms with Gasteiger partial charge >= 0.3 is 0 Å². The average Bonchev–Trinajstić information content (AvgIpc) is 3.06. The number of anilines is 2. The van der Waals surface area contributed by atoms with Crippen LogP contribution in [0.2, 0.25) is 0 Å². The number of hydrogen-bond donors (Lipinski definition) is 3. The third kappa shape index (κ3) is 3.57. The lowest BCUT2D eigenvalue weighted by atomic mass is 10.1. The molecule has 0 aliphatic heterocycles. The average molecular weight is 405 g/mol. The number of aryl methyl sites for hydroxylation is 1. The van der Waals surface area contributed by atoms with Crippen molar-refractivity contribution in [2.24, 2.45) is 5.10 Å². The van der Waals surface area contributed by atoms with Crippen LogP contribution in [-0.4, -0.2) is 28.4 Å². The molecule has 2 heterocycles. The van der Waals surface area contributed by atoms with E-state index in [1.807, 2.05) is 31.2 Å². The number of phenolic OH excluding ortho intramolecular Hbond substituents is 1. The Bertz CT molecular complexity index is 1220. The molecule has 29 heavy (non-hydrogen) atoms. The van der Waals surface area contributed by atoms with E-state index in [1.165, 1.54) is 13.4 Å². The lowest BCUT2D eigenvalue weighted by Gasteiger charge is -2.03. The van der Waals surface area contributed by atoms with Gasteiger partial charge in [-0.15, -0.1) is 11.3 Å². The van der Waals surface area contributed by atoms with Crippen LogP contribution in [0.5, 0.6) is 11.5 Å². The number of hydrogen-bond acceptors (Lipinski definition) is 8. The molecule has 0 bridgehead atoms. The van der Waals surface area contributed by atoms with Crippen molar-refractivity contribution in [2.75, 3.05) is 18.3 Å². The first-order chi connectivity index (χ1) is 14.1. The number of methoxy groups -OCH3 is 1. The van der Waals surface area contributed by atoms with Gasteiger partial charge in [0.05, 0.1) is 23.5 Å². The minimum atomic E-state index is 0.0554. The number of aromatic nitrogens is 2. The number of para-hydroxylation sites is 1. The number of nitrogens with zero attached hydrogens (tertiary/aromatic N) is 3. The summed E-state index contributed by atoms with van der Waals surface area (Å²) in [5.41, 5.74) is 13.5. The summed E-state index contributed by atoms with van der Waals surface area (Å²) in [6.45, 7) is 2.03. The summed E-state index contributed by atoms with van der Waals surface area (Å²) in [6.07, 6.45) is 3.11. The van der Waals surface area contributed by atoms with E-state index in [0.717, 1.165) is 37.5 Å². The number of phenols is 1. The Balaban J connectivity index is 1.66. The van der Waals surface area contributed by atoms with Gasteiger partial charge in [-0.2, -0.15) is 5.10 Å². The molecule has 146 valence electrons. The zero-order chi connectivity index (χ0) is 20.4. The van der Waals surface area contributed by atoms with Crippen molar-refractivity contribution in [3.05, 3.63) is 59.9 Å². The van der Waals surface area contributed by atoms with Crippen LogP contribution in [0, 0.1) is 6.92 Å². The van der Waals surface area contributed by atoms with Crippen molar-refractivity contribution in [2.45, 2.75) is 6.92 Å². The summed E-state index contributed by atoms with van der Waals surface area (Å²) in [5.74, 6) is 1.08. The summed E-state index contributed by atoms with van der Waals surface area (Å²) in [7, 11) is 1.51. The molecule has 0 radical (unpaired) electrons. The van der Waals surface area contributed by atoms with Crippen LogP contribution >= 0.6 is 11.3 Å². The number of benzene rings is 2. The van der Waals surface area contributed by atoms with Gasteiger partial charge in [-0.25, -0.2) is 9.97 Å². The molecule has 0 amide bonds. The van der Waals surface area contributed by atoms with E-state index in [4.69, 9.17) is 10.5 Å². The van der Waals surface area contributed by atoms with Gasteiger partial charge in [0.15, 0.2) is 17.3 Å². The van der Waals surface area contributed by atoms with Gasteiger partial charge in [-0.1, -0.05) is 18.2 Å². The van der Waals surface area contributed by atoms with E-state index in [2.05, 4.69) is 20.5 Å². The maximum absolute atomic E-state index is 9.88. The van der Waals surface area contributed by atoms with E-state index in [1.54, 1.807) is 35.8 Å². The van der Waals surface area contributed by atoms with Gasteiger partial charge in [0, 0.05) is 16.1 Å². The highest BCUT2D eigenvalue weighted by atomic mass is 32.1. The van der Waals surface area contributed by atoms with Crippen molar-refractivity contribution >= 4 is 39.3 Å². The third-order valence-corrected chi connectivity index (χ3v) is 5.82. The molecule has 4 N–H and O–H groups in total. The van der Waals surface area contributed by atoms with Crippen LogP contribution in [0.1, 0.15) is 11.1 Å². The second kappa shape index (κ2) is 7.76. The Morgan fingerprint density at radius 3 is 2.79 bits per heavy atom. The van der Waals surface area contributed by atoms with E-state index >= 15 is 0 Å². The molecule has 4 rings (SSSR count). The standard InChI is InChI=1S/C21H19N5O2S/c1-12-18-20(29-19(12)14-5-3-4-6-15(14)22)21(24-11-23-18)26-25-10-13-7-8-17(28-2)16(27)9-13/h3-11,27H,22H2,1-2H3,(H,23,24,26). The number of nitrogens with two attached hydrogens (primary N) is 1. The molecule has 0 aliphatic rings. The number of ether oxygens (including phenoxy) is 1. The fourth-order valence-corrected chi connectivity index (χ4v) is 4.27. The topological polar surface area (TPSA) is 106 Å². The van der Waals surface area contributed by atoms with Crippen molar-refractivity contribution in [1.29, 1.82) is 0 Å². The zero-order valence-corrected chi connectivity index (χ0v) is 16.7. The number of rotatable bonds is 5. The predicted molar refractivity (Wildman–Crippen MR) is 118 cm³/mol. The van der Waals surface area contributed by atoms with E-state index in [-0.39, 0.29) is 5.75 Å². The summed E-state index contributed by atoms with van der Waals surface area (Å²) in [6, 6.07) is 12.8. The first kappa shape index (κ1) is 18.7. The summed E-state index contributed by atoms with van der Waals surface area (Å²) >= 11 is 1.57. The smallest absolute Gasteiger partial charge is 0.167 e. The van der Waals surface area contributed by atoms with Gasteiger partial charge in [-0.05, 0) is 42.3 Å². The molecular weight excluding hydrogens is 386 g/mol. The van der Waals surface area contributed by atoms with Crippen LogP contribution in [0.15, 0.2) is 53.9 Å². The fraction of sp³-hybridized carbons (Fsp3) is 0.0952. The Labute approximate surface area is 171 Å². The lowest BCUT2D eigenvalue weighted by Crippen LogP contribution is -1.95. The summed E-state index contributed by atoms with van der Waals surface area (Å²) in [4.78, 5) is 9.82. The number of fused-ring (bicyclic) bond motifs is 1. The van der Waals surface area contributed by atoms with Crippen LogP contribution in [0.4, 0.5) is 11.5 Å².